The number of hydrogen-bond donors (Lipinski definition) is 2. The van der Waals surface area contributed by atoms with Gasteiger partial charge in [-0.3, -0.25) is 19.3 Å². The lowest BCUT2D eigenvalue weighted by Gasteiger charge is -2.38. The molecule has 5 aromatic rings. The van der Waals surface area contributed by atoms with Crippen LogP contribution in [0.25, 0.3) is 28.0 Å². The van der Waals surface area contributed by atoms with Crippen LogP contribution in [0.4, 0.5) is 5.82 Å². The highest BCUT2D eigenvalue weighted by Gasteiger charge is 2.46. The molecular weight excluding hydrogens is 592 g/mol. The van der Waals surface area contributed by atoms with Crippen LogP contribution in [-0.4, -0.2) is 73.2 Å². The fraction of sp³-hybridized carbons (Fsp3) is 0.344. The summed E-state index contributed by atoms with van der Waals surface area (Å²) in [4.78, 5) is 28.9. The lowest BCUT2D eigenvalue weighted by Crippen LogP contribution is -2.46. The fourth-order valence-corrected chi connectivity index (χ4v) is 8.06. The van der Waals surface area contributed by atoms with Gasteiger partial charge in [-0.1, -0.05) is 6.07 Å². The Bertz CT molecular complexity index is 2010. The van der Waals surface area contributed by atoms with Crippen molar-refractivity contribution in [1.82, 2.24) is 34.4 Å². The van der Waals surface area contributed by atoms with Crippen LogP contribution in [-0.2, 0) is 9.84 Å². The fourth-order valence-electron chi connectivity index (χ4n) is 6.99. The minimum absolute atomic E-state index is 0.0548. The molecule has 6 heterocycles. The number of anilines is 1. The largest absolute Gasteiger partial charge is 0.490 e. The van der Waals surface area contributed by atoms with Crippen molar-refractivity contribution in [3.05, 3.63) is 72.7 Å². The van der Waals surface area contributed by atoms with Gasteiger partial charge in [0.25, 0.3) is 5.91 Å². The molecule has 0 radical (unpaired) electrons. The number of amides is 1. The highest BCUT2D eigenvalue weighted by Crippen LogP contribution is 2.46. The quantitative estimate of drug-likeness (QED) is 0.270. The van der Waals surface area contributed by atoms with Crippen molar-refractivity contribution >= 4 is 27.2 Å². The van der Waals surface area contributed by atoms with Crippen LogP contribution in [0.2, 0.25) is 0 Å². The minimum Gasteiger partial charge on any atom is -0.490 e. The number of sulfone groups is 1. The molecule has 12 nitrogen and oxygen atoms in total. The summed E-state index contributed by atoms with van der Waals surface area (Å²) in [7, 11) is -3.72. The van der Waals surface area contributed by atoms with Crippen molar-refractivity contribution in [3.8, 4) is 28.1 Å². The van der Waals surface area contributed by atoms with E-state index in [0.29, 0.717) is 30.3 Å². The van der Waals surface area contributed by atoms with E-state index >= 15 is 0 Å². The number of aromatic nitrogens is 6. The Kier molecular flexibility index (Phi) is 6.41. The number of rotatable bonds is 7. The molecule has 2 bridgehead atoms. The molecule has 2 saturated heterocycles. The van der Waals surface area contributed by atoms with Crippen molar-refractivity contribution < 1.29 is 17.9 Å². The van der Waals surface area contributed by atoms with Crippen molar-refractivity contribution in [2.24, 2.45) is 0 Å². The lowest BCUT2D eigenvalue weighted by molar-refractivity contribution is 0.0556. The van der Waals surface area contributed by atoms with Crippen LogP contribution in [0.3, 0.4) is 0 Å². The van der Waals surface area contributed by atoms with Crippen LogP contribution < -0.4 is 10.5 Å². The number of nitrogens with two attached hydrogens (primary N) is 1. The number of hydrogen-bond acceptors (Lipinski definition) is 9. The number of piperidine rings is 1. The van der Waals surface area contributed by atoms with Crippen molar-refractivity contribution in [2.75, 3.05) is 12.0 Å². The molecule has 13 heteroatoms. The van der Waals surface area contributed by atoms with Gasteiger partial charge in [-0.2, -0.15) is 5.10 Å². The average molecular weight is 625 g/mol. The first-order valence-corrected chi connectivity index (χ1v) is 17.1. The van der Waals surface area contributed by atoms with E-state index in [4.69, 9.17) is 20.4 Å². The molecule has 1 unspecified atom stereocenters. The number of pyridine rings is 1. The number of fused-ring (bicyclic) bond motifs is 3. The van der Waals surface area contributed by atoms with E-state index in [-0.39, 0.29) is 40.4 Å². The third kappa shape index (κ3) is 4.91. The Morgan fingerprint density at radius 1 is 0.978 bits per heavy atom. The summed E-state index contributed by atoms with van der Waals surface area (Å²) < 4.78 is 33.8. The molecule has 230 valence electrons. The number of nitrogen functional groups attached to an aromatic ring is 1. The van der Waals surface area contributed by atoms with Gasteiger partial charge in [0, 0.05) is 53.3 Å². The van der Waals surface area contributed by atoms with E-state index in [2.05, 4.69) is 15.2 Å². The number of H-pyrrole nitrogens is 1. The topological polar surface area (TPSA) is 161 Å². The zero-order valence-electron chi connectivity index (χ0n) is 24.6. The number of carbonyl (C=O) groups excluding carboxylic acids is 1. The van der Waals surface area contributed by atoms with Crippen LogP contribution in [0.1, 0.15) is 60.8 Å². The van der Waals surface area contributed by atoms with E-state index < -0.39 is 9.84 Å². The lowest BCUT2D eigenvalue weighted by atomic mass is 9.87. The van der Waals surface area contributed by atoms with Gasteiger partial charge in [0.05, 0.1) is 17.5 Å². The number of carbonyl (C=O) groups is 1. The maximum Gasteiger partial charge on any atom is 0.291 e. The second-order valence-corrected chi connectivity index (χ2v) is 14.2. The predicted octanol–water partition coefficient (Wildman–Crippen LogP) is 4.26. The van der Waals surface area contributed by atoms with E-state index in [1.54, 1.807) is 16.8 Å². The SMILES string of the molecule is CS(=O)(=O)c1c(C2C[C@H]3CC[C@@H](C2)N3C(=O)c2ncn[nH]2)nc2c(-c3ccc(-c4ccc(OC5CC5)cc4)nc3)ccn2c1N. The Balaban J connectivity index is 1.13. The number of aromatic amines is 1. The third-order valence-electron chi connectivity index (χ3n) is 9.20. The molecule has 4 aromatic heterocycles. The molecule has 0 spiro atoms. The van der Waals surface area contributed by atoms with Crippen molar-refractivity contribution in [1.29, 1.82) is 0 Å². The Morgan fingerprint density at radius 3 is 2.33 bits per heavy atom. The van der Waals surface area contributed by atoms with Gasteiger partial charge in [0.15, 0.2) is 9.84 Å². The molecule has 2 aliphatic heterocycles. The van der Waals surface area contributed by atoms with E-state index in [1.807, 2.05) is 47.4 Å². The number of nitrogens with zero attached hydrogens (tertiary/aromatic N) is 6. The van der Waals surface area contributed by atoms with E-state index in [0.717, 1.165) is 53.8 Å². The smallest absolute Gasteiger partial charge is 0.291 e. The van der Waals surface area contributed by atoms with Crippen LogP contribution in [0.15, 0.2) is 66.1 Å². The normalized spacial score (nSPS) is 21.4. The van der Waals surface area contributed by atoms with Gasteiger partial charge in [0.1, 0.15) is 28.4 Å². The van der Waals surface area contributed by atoms with Gasteiger partial charge >= 0.3 is 0 Å². The summed E-state index contributed by atoms with van der Waals surface area (Å²) in [6, 6.07) is 13.7. The van der Waals surface area contributed by atoms with Gasteiger partial charge < -0.3 is 15.4 Å². The second kappa shape index (κ2) is 10.4. The summed E-state index contributed by atoms with van der Waals surface area (Å²) >= 11 is 0. The van der Waals surface area contributed by atoms with Gasteiger partial charge in [0.2, 0.25) is 5.82 Å². The van der Waals surface area contributed by atoms with Gasteiger partial charge in [-0.25, -0.2) is 18.4 Å². The average Bonchev–Trinajstić information content (AvgIpc) is 3.38. The zero-order chi connectivity index (χ0) is 30.9. The first-order valence-electron chi connectivity index (χ1n) is 15.2. The first-order chi connectivity index (χ1) is 21.7. The summed E-state index contributed by atoms with van der Waals surface area (Å²) in [5.41, 5.74) is 11.1. The van der Waals surface area contributed by atoms with E-state index in [9.17, 15) is 13.2 Å². The second-order valence-electron chi connectivity index (χ2n) is 12.3. The van der Waals surface area contributed by atoms with Gasteiger partial charge in [-0.15, -0.1) is 0 Å². The zero-order valence-corrected chi connectivity index (χ0v) is 25.4. The molecular formula is C32H32N8O4S. The summed E-state index contributed by atoms with van der Waals surface area (Å²) in [6.07, 6.45) is 11.4. The number of nitrogens with one attached hydrogen (secondary N) is 1. The highest BCUT2D eigenvalue weighted by atomic mass is 32.2. The molecule has 1 aromatic carbocycles. The monoisotopic (exact) mass is 624 g/mol. The first kappa shape index (κ1) is 27.7. The van der Waals surface area contributed by atoms with Crippen LogP contribution in [0, 0.1) is 0 Å². The molecule has 45 heavy (non-hydrogen) atoms. The van der Waals surface area contributed by atoms with Crippen LogP contribution >= 0.6 is 0 Å². The van der Waals surface area contributed by atoms with Crippen molar-refractivity contribution in [3.63, 3.8) is 0 Å². The Morgan fingerprint density at radius 2 is 1.71 bits per heavy atom. The Hall–Kier alpha value is -4.78. The number of ether oxygens (including phenoxy) is 1. The maximum absolute atomic E-state index is 13.2. The molecule has 1 saturated carbocycles. The van der Waals surface area contributed by atoms with Gasteiger partial charge in [-0.05, 0) is 74.9 Å². The molecule has 3 fully saturated rings. The molecule has 1 amide bonds. The molecule has 3 N–H and O–H groups in total. The summed E-state index contributed by atoms with van der Waals surface area (Å²) in [5, 5.41) is 6.50. The molecule has 3 atom stereocenters. The molecule has 3 aliphatic rings. The molecule has 1 aliphatic carbocycles. The summed E-state index contributed by atoms with van der Waals surface area (Å²) in [6.45, 7) is 0. The maximum atomic E-state index is 13.2. The Labute approximate surface area is 259 Å². The predicted molar refractivity (Wildman–Crippen MR) is 166 cm³/mol. The third-order valence-corrected chi connectivity index (χ3v) is 10.4. The minimum atomic E-state index is -3.72. The van der Waals surface area contributed by atoms with E-state index in [1.165, 1.54) is 12.6 Å². The standard InChI is InChI=1S/C32H32N8O4S/c1-45(42,43)28-27(20-14-21-5-6-22(15-20)40(21)32(41)30-35-17-36-38-30)37-31-25(12-13-39(31)29(28)33)19-4-11-26(34-16-19)18-2-7-23(8-3-18)44-24-9-10-24/h2-4,7-8,11-13,16-17,20-22,24H,5-6,9-10,14-15,33H2,1H3,(H,35,36,38)/t20?,21-,22+. The number of benzene rings is 1. The summed E-state index contributed by atoms with van der Waals surface area (Å²) in [5.74, 6) is 0.842. The highest BCUT2D eigenvalue weighted by molar-refractivity contribution is 7.91. The molecule has 8 rings (SSSR count). The van der Waals surface area contributed by atoms with Crippen LogP contribution in [0.5, 0.6) is 5.75 Å². The van der Waals surface area contributed by atoms with Crippen molar-refractivity contribution in [2.45, 2.75) is 67.5 Å².